The maximum absolute atomic E-state index is 13.0. The quantitative estimate of drug-likeness (QED) is 0.529. The summed E-state index contributed by atoms with van der Waals surface area (Å²) in [5.41, 5.74) is 4.51. The van der Waals surface area contributed by atoms with E-state index in [9.17, 15) is 4.79 Å². The Kier molecular flexibility index (Phi) is 5.08. The molecule has 1 N–H and O–H groups in total. The first kappa shape index (κ1) is 18.2. The molecule has 0 atom stereocenters. The van der Waals surface area contributed by atoms with Gasteiger partial charge in [0.25, 0.3) is 5.91 Å². The molecule has 1 amide bonds. The molecular formula is C21H20N4O2S. The molecule has 6 nitrogen and oxygen atoms in total. The van der Waals surface area contributed by atoms with E-state index in [0.717, 1.165) is 27.6 Å². The SMILES string of the molecule is CCOc1cc(C(=O)N(C)Cc2cccc3cn[nH]c23)ccc1-c1cnsc1. The van der Waals surface area contributed by atoms with Crippen molar-refractivity contribution < 1.29 is 9.53 Å². The average Bonchev–Trinajstić information content (AvgIpc) is 3.40. The maximum atomic E-state index is 13.0. The van der Waals surface area contributed by atoms with Gasteiger partial charge in [0.05, 0.1) is 18.3 Å². The third-order valence-electron chi connectivity index (χ3n) is 4.59. The van der Waals surface area contributed by atoms with E-state index in [1.807, 2.05) is 48.7 Å². The second-order valence-electron chi connectivity index (χ2n) is 6.47. The Balaban J connectivity index is 1.60. The summed E-state index contributed by atoms with van der Waals surface area (Å²) in [6.45, 7) is 2.94. The molecule has 0 aliphatic carbocycles. The van der Waals surface area contributed by atoms with Crippen molar-refractivity contribution >= 4 is 28.3 Å². The third-order valence-corrected chi connectivity index (χ3v) is 5.18. The second-order valence-corrected chi connectivity index (χ2v) is 7.13. The molecule has 0 radical (unpaired) electrons. The minimum absolute atomic E-state index is 0.0625. The molecule has 0 saturated carbocycles. The molecule has 0 unspecified atom stereocenters. The molecule has 0 saturated heterocycles. The van der Waals surface area contributed by atoms with E-state index in [-0.39, 0.29) is 5.91 Å². The molecule has 4 rings (SSSR count). The topological polar surface area (TPSA) is 71.1 Å². The fourth-order valence-electron chi connectivity index (χ4n) is 3.22. The van der Waals surface area contributed by atoms with Crippen LogP contribution in [0.4, 0.5) is 0 Å². The van der Waals surface area contributed by atoms with Crippen molar-refractivity contribution in [2.45, 2.75) is 13.5 Å². The van der Waals surface area contributed by atoms with Crippen molar-refractivity contribution in [2.24, 2.45) is 0 Å². The van der Waals surface area contributed by atoms with Crippen LogP contribution in [0.25, 0.3) is 22.0 Å². The number of hydrogen-bond acceptors (Lipinski definition) is 5. The highest BCUT2D eigenvalue weighted by Crippen LogP contribution is 2.32. The molecule has 0 fully saturated rings. The van der Waals surface area contributed by atoms with Crippen molar-refractivity contribution in [2.75, 3.05) is 13.7 Å². The van der Waals surface area contributed by atoms with Crippen LogP contribution in [0.15, 0.2) is 54.2 Å². The van der Waals surface area contributed by atoms with Crippen LogP contribution in [0.5, 0.6) is 5.75 Å². The number of para-hydroxylation sites is 1. The number of carbonyl (C=O) groups excluding carboxylic acids is 1. The Labute approximate surface area is 166 Å². The molecule has 0 spiro atoms. The number of aromatic amines is 1. The van der Waals surface area contributed by atoms with E-state index >= 15 is 0 Å². The molecule has 4 aromatic rings. The fourth-order valence-corrected chi connectivity index (χ4v) is 3.75. The molecule has 2 aromatic carbocycles. The standard InChI is InChI=1S/C21H20N4O2S/c1-3-27-19-9-14(7-8-18(19)17-11-23-28-13-17)21(26)25(2)12-16-6-4-5-15-10-22-24-20(15)16/h4-11,13H,3,12H2,1-2H3,(H,22,24). The zero-order chi connectivity index (χ0) is 19.5. The normalized spacial score (nSPS) is 10.9. The van der Waals surface area contributed by atoms with E-state index in [1.165, 1.54) is 11.5 Å². The zero-order valence-corrected chi connectivity index (χ0v) is 16.5. The van der Waals surface area contributed by atoms with Crippen LogP contribution in [0.1, 0.15) is 22.8 Å². The summed E-state index contributed by atoms with van der Waals surface area (Å²) < 4.78 is 9.95. The summed E-state index contributed by atoms with van der Waals surface area (Å²) >= 11 is 1.39. The lowest BCUT2D eigenvalue weighted by Gasteiger charge is -2.19. The highest BCUT2D eigenvalue weighted by Gasteiger charge is 2.17. The van der Waals surface area contributed by atoms with Gasteiger partial charge in [-0.15, -0.1) is 0 Å². The average molecular weight is 392 g/mol. The van der Waals surface area contributed by atoms with Crippen molar-refractivity contribution in [3.8, 4) is 16.9 Å². The minimum Gasteiger partial charge on any atom is -0.493 e. The van der Waals surface area contributed by atoms with Crippen LogP contribution in [0.3, 0.4) is 0 Å². The van der Waals surface area contributed by atoms with E-state index in [0.29, 0.717) is 24.5 Å². The molecule has 2 heterocycles. The van der Waals surface area contributed by atoms with Crippen LogP contribution < -0.4 is 4.74 Å². The molecule has 0 aliphatic rings. The maximum Gasteiger partial charge on any atom is 0.254 e. The number of fused-ring (bicyclic) bond motifs is 1. The fraction of sp³-hybridized carbons (Fsp3) is 0.190. The van der Waals surface area contributed by atoms with Crippen molar-refractivity contribution in [1.29, 1.82) is 0 Å². The Morgan fingerprint density at radius 1 is 1.25 bits per heavy atom. The van der Waals surface area contributed by atoms with Crippen LogP contribution in [-0.2, 0) is 6.54 Å². The lowest BCUT2D eigenvalue weighted by molar-refractivity contribution is 0.0785. The smallest absolute Gasteiger partial charge is 0.254 e. The third kappa shape index (κ3) is 3.48. The molecule has 2 aromatic heterocycles. The Morgan fingerprint density at radius 2 is 2.14 bits per heavy atom. The van der Waals surface area contributed by atoms with E-state index in [2.05, 4.69) is 14.6 Å². The first-order valence-corrected chi connectivity index (χ1v) is 9.84. The van der Waals surface area contributed by atoms with Gasteiger partial charge in [0.2, 0.25) is 0 Å². The highest BCUT2D eigenvalue weighted by molar-refractivity contribution is 7.03. The summed E-state index contributed by atoms with van der Waals surface area (Å²) in [5.74, 6) is 0.630. The molecule has 142 valence electrons. The van der Waals surface area contributed by atoms with Crippen LogP contribution in [0.2, 0.25) is 0 Å². The van der Waals surface area contributed by atoms with E-state index in [4.69, 9.17) is 4.74 Å². The number of benzene rings is 2. The summed E-state index contributed by atoms with van der Waals surface area (Å²) in [4.78, 5) is 14.7. The largest absolute Gasteiger partial charge is 0.493 e. The van der Waals surface area contributed by atoms with E-state index < -0.39 is 0 Å². The lowest BCUT2D eigenvalue weighted by Crippen LogP contribution is -2.26. The predicted octanol–water partition coefficient (Wildman–Crippen LogP) is 4.36. The molecule has 0 bridgehead atoms. The number of amides is 1. The predicted molar refractivity (Wildman–Crippen MR) is 111 cm³/mol. The van der Waals surface area contributed by atoms with Gasteiger partial charge in [-0.3, -0.25) is 9.89 Å². The van der Waals surface area contributed by atoms with Gasteiger partial charge in [-0.05, 0) is 42.2 Å². The van der Waals surface area contributed by atoms with Gasteiger partial charge in [-0.2, -0.15) is 5.10 Å². The highest BCUT2D eigenvalue weighted by atomic mass is 32.1. The van der Waals surface area contributed by atoms with Crippen LogP contribution in [0, 0.1) is 0 Å². The van der Waals surface area contributed by atoms with Crippen molar-refractivity contribution in [1.82, 2.24) is 19.5 Å². The molecular weight excluding hydrogens is 372 g/mol. The van der Waals surface area contributed by atoms with Crippen LogP contribution in [-0.4, -0.2) is 39.0 Å². The van der Waals surface area contributed by atoms with Gasteiger partial charge in [0.1, 0.15) is 5.75 Å². The van der Waals surface area contributed by atoms with E-state index in [1.54, 1.807) is 24.3 Å². The number of H-pyrrole nitrogens is 1. The number of nitrogens with zero attached hydrogens (tertiary/aromatic N) is 3. The van der Waals surface area contributed by atoms with Gasteiger partial charge >= 0.3 is 0 Å². The number of aromatic nitrogens is 3. The first-order valence-electron chi connectivity index (χ1n) is 9.00. The number of rotatable bonds is 6. The van der Waals surface area contributed by atoms with Gasteiger partial charge in [0, 0.05) is 47.2 Å². The van der Waals surface area contributed by atoms with Crippen molar-refractivity contribution in [3.63, 3.8) is 0 Å². The van der Waals surface area contributed by atoms with Gasteiger partial charge < -0.3 is 9.64 Å². The van der Waals surface area contributed by atoms with Gasteiger partial charge in [-0.25, -0.2) is 4.37 Å². The number of ether oxygens (including phenoxy) is 1. The summed E-state index contributed by atoms with van der Waals surface area (Å²) in [6.07, 6.45) is 3.59. The van der Waals surface area contributed by atoms with Gasteiger partial charge in [-0.1, -0.05) is 18.2 Å². The Morgan fingerprint density at radius 3 is 2.93 bits per heavy atom. The number of hydrogen-bond donors (Lipinski definition) is 1. The summed E-state index contributed by atoms with van der Waals surface area (Å²) in [6, 6.07) is 11.5. The molecule has 28 heavy (non-hydrogen) atoms. The zero-order valence-electron chi connectivity index (χ0n) is 15.7. The molecule has 0 aliphatic heterocycles. The minimum atomic E-state index is -0.0625. The van der Waals surface area contributed by atoms with Gasteiger partial charge in [0.15, 0.2) is 0 Å². The second kappa shape index (κ2) is 7.82. The number of nitrogens with one attached hydrogen (secondary N) is 1. The first-order chi connectivity index (χ1) is 13.7. The summed E-state index contributed by atoms with van der Waals surface area (Å²) in [5, 5.41) is 10.1. The van der Waals surface area contributed by atoms with Crippen molar-refractivity contribution in [3.05, 3.63) is 65.3 Å². The van der Waals surface area contributed by atoms with Crippen LogP contribution >= 0.6 is 11.5 Å². The Hall–Kier alpha value is -3.19. The molecule has 7 heteroatoms. The lowest BCUT2D eigenvalue weighted by atomic mass is 10.0. The number of carbonyl (C=O) groups is 1. The monoisotopic (exact) mass is 392 g/mol. The summed E-state index contributed by atoms with van der Waals surface area (Å²) in [7, 11) is 1.80. The Bertz CT molecular complexity index is 1100.